The largest absolute Gasteiger partial charge is 0.434 e. The molecule has 0 aromatic heterocycles. The van der Waals surface area contributed by atoms with Crippen LogP contribution < -0.4 is 4.74 Å². The van der Waals surface area contributed by atoms with Gasteiger partial charge in [-0.1, -0.05) is 18.2 Å². The van der Waals surface area contributed by atoms with Crippen molar-refractivity contribution in [3.8, 4) is 5.75 Å². The number of para-hydroxylation sites is 1. The van der Waals surface area contributed by atoms with Crippen molar-refractivity contribution in [1.29, 1.82) is 0 Å². The lowest BCUT2D eigenvalue weighted by atomic mass is 9.76. The number of likely N-dealkylation sites (tertiary alicyclic amines) is 1. The molecule has 2 heterocycles. The van der Waals surface area contributed by atoms with E-state index in [1.165, 1.54) is 0 Å². The van der Waals surface area contributed by atoms with Gasteiger partial charge in [-0.15, -0.1) is 0 Å². The normalized spacial score (nSPS) is 28.8. The maximum Gasteiger partial charge on any atom is 0.387 e. The number of rotatable bonds is 5. The third-order valence-electron chi connectivity index (χ3n) is 4.78. The number of hydrogen-bond acceptors (Lipinski definition) is 4. The van der Waals surface area contributed by atoms with Crippen LogP contribution >= 0.6 is 0 Å². The molecule has 0 unspecified atom stereocenters. The van der Waals surface area contributed by atoms with Gasteiger partial charge in [0.05, 0.1) is 13.2 Å². The van der Waals surface area contributed by atoms with Gasteiger partial charge in [0.1, 0.15) is 5.75 Å². The van der Waals surface area contributed by atoms with E-state index in [-0.39, 0.29) is 17.8 Å². The molecule has 2 aliphatic rings. The van der Waals surface area contributed by atoms with Gasteiger partial charge in [-0.3, -0.25) is 4.90 Å². The van der Waals surface area contributed by atoms with Crippen molar-refractivity contribution in [1.82, 2.24) is 4.90 Å². The first-order chi connectivity index (χ1) is 10.6. The SMILES string of the molecule is OC[C@]12COCC[C@H]1CN(Cc1ccccc1OC(F)F)C2. The first-order valence-corrected chi connectivity index (χ1v) is 7.57. The molecule has 0 bridgehead atoms. The average molecular weight is 313 g/mol. The fraction of sp³-hybridized carbons (Fsp3) is 0.625. The van der Waals surface area contributed by atoms with Gasteiger partial charge in [0.25, 0.3) is 0 Å². The standard InChI is InChI=1S/C16H21F2NO3/c17-15(18)22-14-4-2-1-3-12(14)7-19-8-13-5-6-21-11-16(13,9-19)10-20/h1-4,13,15,20H,5-11H2/t13-,16+/m0/s1. The molecule has 2 aliphatic heterocycles. The minimum Gasteiger partial charge on any atom is -0.434 e. The van der Waals surface area contributed by atoms with Gasteiger partial charge in [0, 0.05) is 37.2 Å². The third-order valence-corrected chi connectivity index (χ3v) is 4.78. The smallest absolute Gasteiger partial charge is 0.387 e. The summed E-state index contributed by atoms with van der Waals surface area (Å²) in [5.41, 5.74) is 0.534. The van der Waals surface area contributed by atoms with Crippen LogP contribution in [0, 0.1) is 11.3 Å². The fourth-order valence-corrected chi connectivity index (χ4v) is 3.64. The van der Waals surface area contributed by atoms with Gasteiger partial charge in [-0.2, -0.15) is 8.78 Å². The van der Waals surface area contributed by atoms with E-state index in [1.807, 2.05) is 12.1 Å². The highest BCUT2D eigenvalue weighted by molar-refractivity contribution is 5.33. The summed E-state index contributed by atoms with van der Waals surface area (Å²) in [6.07, 6.45) is 0.937. The molecule has 22 heavy (non-hydrogen) atoms. The van der Waals surface area contributed by atoms with E-state index in [1.54, 1.807) is 12.1 Å². The van der Waals surface area contributed by atoms with Crippen molar-refractivity contribution in [2.45, 2.75) is 19.6 Å². The summed E-state index contributed by atoms with van der Waals surface area (Å²) in [6, 6.07) is 6.88. The average Bonchev–Trinajstić information content (AvgIpc) is 2.87. The highest BCUT2D eigenvalue weighted by atomic mass is 19.3. The van der Waals surface area contributed by atoms with Crippen molar-refractivity contribution >= 4 is 0 Å². The Morgan fingerprint density at radius 1 is 1.41 bits per heavy atom. The van der Waals surface area contributed by atoms with Crippen LogP contribution in [0.5, 0.6) is 5.75 Å². The van der Waals surface area contributed by atoms with E-state index in [2.05, 4.69) is 9.64 Å². The number of nitrogens with zero attached hydrogens (tertiary/aromatic N) is 1. The molecule has 6 heteroatoms. The molecule has 4 nitrogen and oxygen atoms in total. The minimum atomic E-state index is -2.82. The Hall–Kier alpha value is -1.24. The summed E-state index contributed by atoms with van der Waals surface area (Å²) >= 11 is 0. The maximum atomic E-state index is 12.5. The lowest BCUT2D eigenvalue weighted by molar-refractivity contribution is -0.0562. The predicted molar refractivity (Wildman–Crippen MR) is 76.8 cm³/mol. The molecule has 0 amide bonds. The number of hydrogen-bond donors (Lipinski definition) is 1. The van der Waals surface area contributed by atoms with Gasteiger partial charge < -0.3 is 14.6 Å². The molecule has 3 rings (SSSR count). The van der Waals surface area contributed by atoms with Crippen LogP contribution in [0.3, 0.4) is 0 Å². The molecular weight excluding hydrogens is 292 g/mol. The summed E-state index contributed by atoms with van der Waals surface area (Å²) in [7, 11) is 0. The van der Waals surface area contributed by atoms with Crippen molar-refractivity contribution in [2.24, 2.45) is 11.3 Å². The predicted octanol–water partition coefficient (Wildman–Crippen LogP) is 2.12. The van der Waals surface area contributed by atoms with Gasteiger partial charge in [-0.05, 0) is 18.4 Å². The maximum absolute atomic E-state index is 12.5. The quantitative estimate of drug-likeness (QED) is 0.904. The summed E-state index contributed by atoms with van der Waals surface area (Å²) < 4.78 is 35.1. The molecule has 1 aromatic rings. The highest BCUT2D eigenvalue weighted by Gasteiger charge is 2.48. The molecule has 0 saturated carbocycles. The molecule has 0 aliphatic carbocycles. The van der Waals surface area contributed by atoms with Crippen LogP contribution in [-0.4, -0.2) is 49.5 Å². The summed E-state index contributed by atoms with van der Waals surface area (Å²) in [5, 5.41) is 9.78. The van der Waals surface area contributed by atoms with E-state index < -0.39 is 6.61 Å². The zero-order chi connectivity index (χ0) is 15.6. The Balaban J connectivity index is 1.72. The van der Waals surface area contributed by atoms with Crippen LogP contribution in [0.15, 0.2) is 24.3 Å². The Morgan fingerprint density at radius 3 is 2.95 bits per heavy atom. The van der Waals surface area contributed by atoms with Crippen molar-refractivity contribution < 1.29 is 23.4 Å². The van der Waals surface area contributed by atoms with E-state index in [4.69, 9.17) is 4.74 Å². The lowest BCUT2D eigenvalue weighted by Crippen LogP contribution is -2.42. The number of aliphatic hydroxyl groups excluding tert-OH is 1. The molecule has 2 fully saturated rings. The van der Waals surface area contributed by atoms with E-state index >= 15 is 0 Å². The minimum absolute atomic E-state index is 0.101. The second-order valence-corrected chi connectivity index (χ2v) is 6.21. The summed E-state index contributed by atoms with van der Waals surface area (Å²) in [5.74, 6) is 0.621. The first-order valence-electron chi connectivity index (χ1n) is 7.57. The van der Waals surface area contributed by atoms with Crippen molar-refractivity contribution in [3.63, 3.8) is 0 Å². The summed E-state index contributed by atoms with van der Waals surface area (Å²) in [4.78, 5) is 2.20. The Labute approximate surface area is 128 Å². The zero-order valence-corrected chi connectivity index (χ0v) is 12.4. The summed E-state index contributed by atoms with van der Waals surface area (Å²) in [6.45, 7) is 0.694. The number of aliphatic hydroxyl groups is 1. The molecule has 1 aromatic carbocycles. The van der Waals surface area contributed by atoms with Gasteiger partial charge >= 0.3 is 6.61 Å². The van der Waals surface area contributed by atoms with Crippen LogP contribution in [-0.2, 0) is 11.3 Å². The topological polar surface area (TPSA) is 41.9 Å². The molecule has 1 N–H and O–H groups in total. The molecule has 0 radical (unpaired) electrons. The Bertz CT molecular complexity index is 514. The Kier molecular flexibility index (Phi) is 4.61. The highest BCUT2D eigenvalue weighted by Crippen LogP contribution is 2.41. The van der Waals surface area contributed by atoms with Crippen LogP contribution in [0.4, 0.5) is 8.78 Å². The van der Waals surface area contributed by atoms with Crippen LogP contribution in [0.25, 0.3) is 0 Å². The second-order valence-electron chi connectivity index (χ2n) is 6.21. The zero-order valence-electron chi connectivity index (χ0n) is 12.4. The molecule has 122 valence electrons. The molecule has 2 saturated heterocycles. The molecule has 0 spiro atoms. The number of benzene rings is 1. The Morgan fingerprint density at radius 2 is 2.23 bits per heavy atom. The van der Waals surface area contributed by atoms with Gasteiger partial charge in [0.15, 0.2) is 0 Å². The van der Waals surface area contributed by atoms with Crippen LogP contribution in [0.1, 0.15) is 12.0 Å². The first kappa shape index (κ1) is 15.6. The number of ether oxygens (including phenoxy) is 2. The molecule has 2 atom stereocenters. The number of alkyl halides is 2. The van der Waals surface area contributed by atoms with E-state index in [0.29, 0.717) is 19.1 Å². The van der Waals surface area contributed by atoms with Crippen molar-refractivity contribution in [2.75, 3.05) is 32.9 Å². The monoisotopic (exact) mass is 313 g/mol. The molecular formula is C16H21F2NO3. The van der Waals surface area contributed by atoms with E-state index in [9.17, 15) is 13.9 Å². The van der Waals surface area contributed by atoms with Gasteiger partial charge in [-0.25, -0.2) is 0 Å². The van der Waals surface area contributed by atoms with Gasteiger partial charge in [0.2, 0.25) is 0 Å². The number of halogens is 2. The number of fused-ring (bicyclic) bond motifs is 1. The third kappa shape index (κ3) is 3.09. The lowest BCUT2D eigenvalue weighted by Gasteiger charge is -2.36. The second kappa shape index (κ2) is 6.48. The van der Waals surface area contributed by atoms with Crippen molar-refractivity contribution in [3.05, 3.63) is 29.8 Å². The van der Waals surface area contributed by atoms with E-state index in [0.717, 1.165) is 31.7 Å². The fourth-order valence-electron chi connectivity index (χ4n) is 3.64. The van der Waals surface area contributed by atoms with Crippen LogP contribution in [0.2, 0.25) is 0 Å².